The second-order valence-electron chi connectivity index (χ2n) is 10.8. The van der Waals surface area contributed by atoms with E-state index in [4.69, 9.17) is 14.2 Å². The van der Waals surface area contributed by atoms with Crippen molar-refractivity contribution < 1.29 is 28.6 Å². The molecule has 0 spiro atoms. The van der Waals surface area contributed by atoms with Crippen LogP contribution in [-0.2, 0) is 22.6 Å². The van der Waals surface area contributed by atoms with Gasteiger partial charge in [0.15, 0.2) is 18.1 Å². The normalized spacial score (nSPS) is 19.0. The molecule has 1 fully saturated rings. The summed E-state index contributed by atoms with van der Waals surface area (Å²) in [4.78, 5) is 45.7. The van der Waals surface area contributed by atoms with E-state index in [1.54, 1.807) is 29.3 Å². The van der Waals surface area contributed by atoms with Crippen LogP contribution in [0, 0.1) is 6.92 Å². The average Bonchev–Trinajstić information content (AvgIpc) is 3.43. The highest BCUT2D eigenvalue weighted by molar-refractivity contribution is 5.95. The van der Waals surface area contributed by atoms with Gasteiger partial charge in [-0.1, -0.05) is 18.2 Å². The molecule has 11 nitrogen and oxygen atoms in total. The second kappa shape index (κ2) is 12.0. The molecule has 0 radical (unpaired) electrons. The number of fused-ring (bicyclic) bond motifs is 8. The molecule has 7 rings (SSSR count). The van der Waals surface area contributed by atoms with Gasteiger partial charge in [0, 0.05) is 44.0 Å². The minimum Gasteiger partial charge on any atom is -0.493 e. The van der Waals surface area contributed by atoms with Crippen LogP contribution in [0.2, 0.25) is 0 Å². The largest absolute Gasteiger partial charge is 0.493 e. The van der Waals surface area contributed by atoms with E-state index in [1.807, 2.05) is 53.9 Å². The topological polar surface area (TPSA) is 124 Å². The summed E-state index contributed by atoms with van der Waals surface area (Å²) in [5.41, 5.74) is 3.89. The zero-order valence-corrected chi connectivity index (χ0v) is 24.0. The van der Waals surface area contributed by atoms with Crippen LogP contribution in [0.4, 0.5) is 0 Å². The van der Waals surface area contributed by atoms with Gasteiger partial charge < -0.3 is 34.1 Å². The maximum Gasteiger partial charge on any atom is 0.258 e. The molecule has 4 bridgehead atoms. The lowest BCUT2D eigenvalue weighted by Crippen LogP contribution is -2.58. The van der Waals surface area contributed by atoms with E-state index in [2.05, 4.69) is 15.6 Å². The molecule has 3 amide bonds. The summed E-state index contributed by atoms with van der Waals surface area (Å²) in [5, 5.41) is 5.92. The van der Waals surface area contributed by atoms with Gasteiger partial charge in [0.25, 0.3) is 11.8 Å². The van der Waals surface area contributed by atoms with Crippen LogP contribution < -0.4 is 24.8 Å². The number of pyridine rings is 1. The lowest BCUT2D eigenvalue weighted by Gasteiger charge is -2.39. The first-order valence-electron chi connectivity index (χ1n) is 14.2. The molecule has 3 aliphatic heterocycles. The molecule has 2 aromatic carbocycles. The number of aryl methyl sites for hydroxylation is 1. The summed E-state index contributed by atoms with van der Waals surface area (Å²) in [7, 11) is 1.49. The van der Waals surface area contributed by atoms with Gasteiger partial charge in [0.2, 0.25) is 5.91 Å². The first-order valence-corrected chi connectivity index (χ1v) is 14.2. The molecule has 222 valence electrons. The lowest BCUT2D eigenvalue weighted by molar-refractivity contribution is -0.133. The number of amides is 3. The fraction of sp³-hybridized carbons (Fsp3) is 0.312. The third-order valence-electron chi connectivity index (χ3n) is 7.84. The highest BCUT2D eigenvalue weighted by Gasteiger charge is 2.35. The van der Waals surface area contributed by atoms with Crippen LogP contribution in [-0.4, -0.2) is 71.0 Å². The number of nitrogens with one attached hydrogen (secondary N) is 2. The van der Waals surface area contributed by atoms with Crippen LogP contribution in [0.25, 0.3) is 5.65 Å². The third kappa shape index (κ3) is 6.11. The Labute approximate surface area is 248 Å². The number of carbonyl (C=O) groups excluding carboxylic acids is 3. The molecule has 2 aromatic heterocycles. The van der Waals surface area contributed by atoms with E-state index in [9.17, 15) is 14.4 Å². The highest BCUT2D eigenvalue weighted by atomic mass is 16.5. The molecule has 2 N–H and O–H groups in total. The predicted octanol–water partition coefficient (Wildman–Crippen LogP) is 2.68. The first-order chi connectivity index (χ1) is 20.9. The highest BCUT2D eigenvalue weighted by Crippen LogP contribution is 2.29. The summed E-state index contributed by atoms with van der Waals surface area (Å²) in [6.45, 7) is 2.84. The van der Waals surface area contributed by atoms with Crippen molar-refractivity contribution in [2.75, 3.05) is 26.8 Å². The van der Waals surface area contributed by atoms with E-state index in [1.165, 1.54) is 7.11 Å². The molecular weight excluding hydrogens is 550 g/mol. The average molecular weight is 584 g/mol. The number of nitrogens with zero attached hydrogens (tertiary/aromatic N) is 3. The van der Waals surface area contributed by atoms with Gasteiger partial charge in [-0.15, -0.1) is 0 Å². The number of benzene rings is 2. The van der Waals surface area contributed by atoms with Crippen LogP contribution in [0.1, 0.15) is 33.6 Å². The molecule has 0 unspecified atom stereocenters. The zero-order valence-electron chi connectivity index (χ0n) is 24.0. The van der Waals surface area contributed by atoms with Gasteiger partial charge in [0.1, 0.15) is 17.5 Å². The number of ether oxygens (including phenoxy) is 3. The fourth-order valence-corrected chi connectivity index (χ4v) is 5.47. The van der Waals surface area contributed by atoms with E-state index in [0.717, 1.165) is 22.5 Å². The molecule has 11 heteroatoms. The summed E-state index contributed by atoms with van der Waals surface area (Å²) < 4.78 is 19.4. The molecule has 3 aliphatic rings. The van der Waals surface area contributed by atoms with Crippen LogP contribution in [0.5, 0.6) is 17.2 Å². The standard InChI is InChI=1S/C32H33N5O6/c1-20-4-3-12-37-23(17-34-31(20)37)15-30(39)36-13-11-26-25(18-36)35-32(40)22-7-10-27(41-2)28(14-22)42-19-29(38)33-16-21-5-8-24(43-26)9-6-21/h3-10,12,14,17,25-26H,11,13,15-16,18-19H2,1-2H3,(H,33,38)(H,35,40)/t25-,26+/m0/s1. The summed E-state index contributed by atoms with van der Waals surface area (Å²) in [5.74, 6) is 0.588. The Morgan fingerprint density at radius 1 is 1.14 bits per heavy atom. The quantitative estimate of drug-likeness (QED) is 0.380. The van der Waals surface area contributed by atoms with Gasteiger partial charge in [0.05, 0.1) is 25.3 Å². The van der Waals surface area contributed by atoms with Crippen LogP contribution >= 0.6 is 0 Å². The molecule has 43 heavy (non-hydrogen) atoms. The Morgan fingerprint density at radius 3 is 2.79 bits per heavy atom. The van der Waals surface area contributed by atoms with Crippen molar-refractivity contribution in [2.24, 2.45) is 0 Å². The lowest BCUT2D eigenvalue weighted by atomic mass is 10.00. The molecule has 4 aromatic rings. The molecule has 2 atom stereocenters. The number of imidazole rings is 1. The van der Waals surface area contributed by atoms with E-state index >= 15 is 0 Å². The van der Waals surface area contributed by atoms with E-state index in [-0.39, 0.29) is 49.1 Å². The van der Waals surface area contributed by atoms with Gasteiger partial charge in [-0.05, 0) is 54.4 Å². The number of hydrogen-bond acceptors (Lipinski definition) is 7. The minimum atomic E-state index is -0.486. The van der Waals surface area contributed by atoms with Crippen molar-refractivity contribution >= 4 is 23.4 Å². The Balaban J connectivity index is 1.26. The van der Waals surface area contributed by atoms with Crippen LogP contribution in [0.15, 0.2) is 67.0 Å². The van der Waals surface area contributed by atoms with Gasteiger partial charge in [-0.25, -0.2) is 4.98 Å². The number of aromatic nitrogens is 2. The predicted molar refractivity (Wildman–Crippen MR) is 157 cm³/mol. The van der Waals surface area contributed by atoms with Crippen molar-refractivity contribution in [1.82, 2.24) is 24.9 Å². The van der Waals surface area contributed by atoms with Gasteiger partial charge in [-0.3, -0.25) is 14.4 Å². The maximum atomic E-state index is 13.5. The molecule has 1 saturated heterocycles. The Hall–Kier alpha value is -5.06. The van der Waals surface area contributed by atoms with Crippen molar-refractivity contribution in [2.45, 2.75) is 38.5 Å². The van der Waals surface area contributed by atoms with Gasteiger partial charge >= 0.3 is 0 Å². The summed E-state index contributed by atoms with van der Waals surface area (Å²) >= 11 is 0. The fourth-order valence-electron chi connectivity index (χ4n) is 5.47. The number of methoxy groups -OCH3 is 1. The molecular formula is C32H33N5O6. The van der Waals surface area contributed by atoms with Crippen molar-refractivity contribution in [1.29, 1.82) is 0 Å². The van der Waals surface area contributed by atoms with E-state index in [0.29, 0.717) is 36.6 Å². The Bertz CT molecular complexity index is 1670. The number of likely N-dealkylation sites (tertiary alicyclic amines) is 1. The summed E-state index contributed by atoms with van der Waals surface area (Å²) in [6, 6.07) is 15.7. The number of rotatable bonds is 3. The van der Waals surface area contributed by atoms with Crippen molar-refractivity contribution in [3.8, 4) is 17.2 Å². The van der Waals surface area contributed by atoms with Crippen LogP contribution in [0.3, 0.4) is 0 Å². The molecule has 5 heterocycles. The molecule has 0 aliphatic carbocycles. The van der Waals surface area contributed by atoms with Crippen molar-refractivity contribution in [3.63, 3.8) is 0 Å². The Morgan fingerprint density at radius 2 is 1.98 bits per heavy atom. The summed E-state index contributed by atoms with van der Waals surface area (Å²) in [6.07, 6.45) is 3.98. The van der Waals surface area contributed by atoms with E-state index < -0.39 is 6.04 Å². The second-order valence-corrected chi connectivity index (χ2v) is 10.8. The smallest absolute Gasteiger partial charge is 0.258 e. The van der Waals surface area contributed by atoms with Crippen molar-refractivity contribution in [3.05, 3.63) is 89.4 Å². The number of carbonyl (C=O) groups is 3. The monoisotopic (exact) mass is 583 g/mol. The minimum absolute atomic E-state index is 0.0546. The third-order valence-corrected chi connectivity index (χ3v) is 7.84. The maximum absolute atomic E-state index is 13.5. The number of piperidine rings is 1. The van der Waals surface area contributed by atoms with Gasteiger partial charge in [-0.2, -0.15) is 0 Å². The zero-order chi connectivity index (χ0) is 29.9. The SMILES string of the molecule is COc1ccc2cc1OCC(=O)NCc1ccc(cc1)O[C@@H]1CCN(C(=O)Cc3cnc4c(C)cccn34)C[C@@H]1NC2=O. The molecule has 0 saturated carbocycles. The Kier molecular flexibility index (Phi) is 7.86. The first kappa shape index (κ1) is 28.1. The number of hydrogen-bond donors (Lipinski definition) is 2.